The Morgan fingerprint density at radius 3 is 2.43 bits per heavy atom. The number of hydrogen-bond donors (Lipinski definition) is 3. The first-order valence-electron chi connectivity index (χ1n) is 11.1. The van der Waals surface area contributed by atoms with Crippen LogP contribution in [0.1, 0.15) is 65.7 Å². The molecule has 0 aromatic carbocycles. The zero-order valence-electron chi connectivity index (χ0n) is 18.5. The number of likely N-dealkylation sites (tertiary alicyclic amines) is 1. The molecule has 0 unspecified atom stereocenters. The molecule has 8 heteroatoms. The fraction of sp³-hybridized carbons (Fsp3) is 0.773. The molecule has 3 rings (SSSR count). The van der Waals surface area contributed by atoms with Gasteiger partial charge in [-0.05, 0) is 51.9 Å². The summed E-state index contributed by atoms with van der Waals surface area (Å²) in [6.07, 6.45) is 9.31. The molecule has 1 spiro atoms. The maximum Gasteiger partial charge on any atom is 0.250 e. The zero-order chi connectivity index (χ0) is 21.9. The van der Waals surface area contributed by atoms with E-state index < -0.39 is 0 Å². The van der Waals surface area contributed by atoms with Crippen LogP contribution in [-0.4, -0.2) is 53.8 Å². The number of nitrogens with one attached hydrogen (secondary N) is 2. The highest BCUT2D eigenvalue weighted by molar-refractivity contribution is 6.43. The van der Waals surface area contributed by atoms with Crippen LogP contribution >= 0.6 is 11.6 Å². The van der Waals surface area contributed by atoms with Gasteiger partial charge in [-0.2, -0.15) is 4.99 Å². The van der Waals surface area contributed by atoms with Crippen molar-refractivity contribution in [2.75, 3.05) is 19.6 Å². The SMILES string of the molecule is CC(C)(C)NC(=O)CN1CC2(CC(C(=O)N=C(N)/C(Cl)=C\NC3CCCCC3)C2)C1. The Kier molecular flexibility index (Phi) is 7.13. The molecule has 3 fully saturated rings. The second-order valence-corrected chi connectivity index (χ2v) is 10.8. The van der Waals surface area contributed by atoms with Crippen LogP contribution in [0.4, 0.5) is 0 Å². The number of aliphatic imine (C=N–C) groups is 1. The lowest BCUT2D eigenvalue weighted by Gasteiger charge is -2.58. The summed E-state index contributed by atoms with van der Waals surface area (Å²) in [6, 6.07) is 0.425. The molecule has 3 aliphatic rings. The molecular weight excluding hydrogens is 402 g/mol. The van der Waals surface area contributed by atoms with E-state index in [4.69, 9.17) is 17.3 Å². The number of rotatable bonds is 6. The van der Waals surface area contributed by atoms with Crippen LogP contribution in [-0.2, 0) is 9.59 Å². The standard InChI is InChI=1S/C22H36ClN5O2/c1-21(2,3)27-18(29)12-28-13-22(14-28)9-15(10-22)20(30)26-19(24)17(23)11-25-16-7-5-4-6-8-16/h11,15-16,25H,4-10,12-14H2,1-3H3,(H,27,29)(H2,24,26,30)/b17-11+. The maximum absolute atomic E-state index is 12.4. The average molecular weight is 438 g/mol. The van der Waals surface area contributed by atoms with Crippen LogP contribution in [0.5, 0.6) is 0 Å². The maximum atomic E-state index is 12.4. The van der Waals surface area contributed by atoms with Crippen molar-refractivity contribution in [2.45, 2.75) is 77.3 Å². The Hall–Kier alpha value is -1.60. The van der Waals surface area contributed by atoms with Gasteiger partial charge in [0.25, 0.3) is 5.91 Å². The third-order valence-corrected chi connectivity index (χ3v) is 6.54. The first kappa shape index (κ1) is 23.1. The predicted molar refractivity (Wildman–Crippen MR) is 120 cm³/mol. The van der Waals surface area contributed by atoms with Crippen LogP contribution in [0.2, 0.25) is 0 Å². The lowest BCUT2D eigenvalue weighted by atomic mass is 9.57. The second kappa shape index (κ2) is 9.27. The van der Waals surface area contributed by atoms with Crippen molar-refractivity contribution < 1.29 is 9.59 Å². The van der Waals surface area contributed by atoms with E-state index in [1.54, 1.807) is 6.20 Å². The fourth-order valence-corrected chi connectivity index (χ4v) is 5.00. The van der Waals surface area contributed by atoms with E-state index in [1.165, 1.54) is 19.3 Å². The molecule has 2 saturated carbocycles. The van der Waals surface area contributed by atoms with E-state index in [2.05, 4.69) is 20.5 Å². The summed E-state index contributed by atoms with van der Waals surface area (Å²) < 4.78 is 0. The second-order valence-electron chi connectivity index (χ2n) is 10.4. The van der Waals surface area contributed by atoms with Crippen molar-refractivity contribution >= 4 is 29.3 Å². The highest BCUT2D eigenvalue weighted by Gasteiger charge is 2.54. The summed E-state index contributed by atoms with van der Waals surface area (Å²) in [5.41, 5.74) is 5.87. The van der Waals surface area contributed by atoms with Gasteiger partial charge in [-0.3, -0.25) is 14.5 Å². The van der Waals surface area contributed by atoms with E-state index in [0.717, 1.165) is 38.8 Å². The predicted octanol–water partition coefficient (Wildman–Crippen LogP) is 2.50. The molecule has 168 valence electrons. The van der Waals surface area contributed by atoms with Gasteiger partial charge in [0.15, 0.2) is 0 Å². The van der Waals surface area contributed by atoms with E-state index in [-0.39, 0.29) is 34.5 Å². The minimum atomic E-state index is -0.215. The van der Waals surface area contributed by atoms with Crippen LogP contribution in [0.15, 0.2) is 16.2 Å². The first-order chi connectivity index (χ1) is 14.1. The van der Waals surface area contributed by atoms with Crippen molar-refractivity contribution in [3.8, 4) is 0 Å². The van der Waals surface area contributed by atoms with Gasteiger partial charge < -0.3 is 16.4 Å². The highest BCUT2D eigenvalue weighted by Crippen LogP contribution is 2.52. The van der Waals surface area contributed by atoms with E-state index in [9.17, 15) is 9.59 Å². The van der Waals surface area contributed by atoms with Crippen molar-refractivity contribution in [1.82, 2.24) is 15.5 Å². The van der Waals surface area contributed by atoms with Crippen molar-refractivity contribution in [3.05, 3.63) is 11.2 Å². The number of amidine groups is 1. The molecule has 0 atom stereocenters. The largest absolute Gasteiger partial charge is 0.387 e. The van der Waals surface area contributed by atoms with Gasteiger partial charge in [0, 0.05) is 36.8 Å². The third kappa shape index (κ3) is 6.20. The molecule has 1 aliphatic heterocycles. The number of amides is 2. The minimum Gasteiger partial charge on any atom is -0.387 e. The summed E-state index contributed by atoms with van der Waals surface area (Å²) in [5.74, 6) is -0.152. The van der Waals surface area contributed by atoms with Gasteiger partial charge >= 0.3 is 0 Å². The molecule has 7 nitrogen and oxygen atoms in total. The Morgan fingerprint density at radius 1 is 1.20 bits per heavy atom. The molecule has 2 aliphatic carbocycles. The zero-order valence-corrected chi connectivity index (χ0v) is 19.2. The summed E-state index contributed by atoms with van der Waals surface area (Å²) in [6.45, 7) is 8.06. The van der Waals surface area contributed by atoms with E-state index in [1.807, 2.05) is 20.8 Å². The Bertz CT molecular complexity index is 708. The number of carbonyl (C=O) groups excluding carboxylic acids is 2. The number of nitrogens with two attached hydrogens (primary N) is 1. The summed E-state index contributed by atoms with van der Waals surface area (Å²) in [5, 5.41) is 6.57. The molecule has 0 aromatic rings. The van der Waals surface area contributed by atoms with Crippen molar-refractivity contribution in [3.63, 3.8) is 0 Å². The lowest BCUT2D eigenvalue weighted by Crippen LogP contribution is -2.64. The third-order valence-electron chi connectivity index (χ3n) is 6.23. The number of carbonyl (C=O) groups is 2. The normalized spacial score (nSPS) is 23.6. The Morgan fingerprint density at radius 2 is 1.83 bits per heavy atom. The average Bonchev–Trinajstić information content (AvgIpc) is 2.59. The Labute approximate surface area is 184 Å². The van der Waals surface area contributed by atoms with Crippen LogP contribution in [0, 0.1) is 11.3 Å². The van der Waals surface area contributed by atoms with Crippen LogP contribution < -0.4 is 16.4 Å². The smallest absolute Gasteiger partial charge is 0.250 e. The van der Waals surface area contributed by atoms with Gasteiger partial charge in [-0.15, -0.1) is 0 Å². The first-order valence-corrected chi connectivity index (χ1v) is 11.5. The molecule has 0 radical (unpaired) electrons. The van der Waals surface area contributed by atoms with E-state index >= 15 is 0 Å². The molecule has 1 heterocycles. The number of hydrogen-bond acceptors (Lipinski definition) is 4. The fourth-order valence-electron chi connectivity index (χ4n) is 4.89. The van der Waals surface area contributed by atoms with Crippen molar-refractivity contribution in [2.24, 2.45) is 22.1 Å². The van der Waals surface area contributed by atoms with Crippen LogP contribution in [0.3, 0.4) is 0 Å². The number of halogens is 1. The van der Waals surface area contributed by atoms with Gasteiger partial charge in [-0.25, -0.2) is 0 Å². The lowest BCUT2D eigenvalue weighted by molar-refractivity contribution is -0.145. The molecule has 0 aromatic heterocycles. The highest BCUT2D eigenvalue weighted by atomic mass is 35.5. The molecular formula is C22H36ClN5O2. The number of nitrogens with zero attached hydrogens (tertiary/aromatic N) is 2. The summed E-state index contributed by atoms with van der Waals surface area (Å²) >= 11 is 6.21. The van der Waals surface area contributed by atoms with Crippen molar-refractivity contribution in [1.29, 1.82) is 0 Å². The van der Waals surface area contributed by atoms with E-state index in [0.29, 0.717) is 17.6 Å². The van der Waals surface area contributed by atoms with Gasteiger partial charge in [-0.1, -0.05) is 30.9 Å². The summed E-state index contributed by atoms with van der Waals surface area (Å²) in [4.78, 5) is 30.6. The topological polar surface area (TPSA) is 99.8 Å². The minimum absolute atomic E-state index is 0.0462. The molecule has 4 N–H and O–H groups in total. The molecule has 1 saturated heterocycles. The van der Waals surface area contributed by atoms with Crippen LogP contribution in [0.25, 0.3) is 0 Å². The Balaban J connectivity index is 1.39. The molecule has 0 bridgehead atoms. The monoisotopic (exact) mass is 437 g/mol. The van der Waals surface area contributed by atoms with Gasteiger partial charge in [0.1, 0.15) is 5.84 Å². The van der Waals surface area contributed by atoms with Gasteiger partial charge in [0.2, 0.25) is 5.91 Å². The molecule has 30 heavy (non-hydrogen) atoms. The summed E-state index contributed by atoms with van der Waals surface area (Å²) in [7, 11) is 0. The van der Waals surface area contributed by atoms with Gasteiger partial charge in [0.05, 0.1) is 11.6 Å². The quantitative estimate of drug-likeness (QED) is 0.438. The molecule has 2 amide bonds.